The van der Waals surface area contributed by atoms with Crippen molar-refractivity contribution in [1.29, 1.82) is 0 Å². The summed E-state index contributed by atoms with van der Waals surface area (Å²) >= 11 is 0. The van der Waals surface area contributed by atoms with Gasteiger partial charge in [0.05, 0.1) is 16.7 Å². The highest BCUT2D eigenvalue weighted by atomic mass is 16.1. The summed E-state index contributed by atoms with van der Waals surface area (Å²) in [5.74, 6) is 0.165. The van der Waals surface area contributed by atoms with Crippen LogP contribution in [-0.4, -0.2) is 27.7 Å². The normalized spacial score (nSPS) is 12.3. The molecule has 6 heteroatoms. The van der Waals surface area contributed by atoms with Gasteiger partial charge in [-0.2, -0.15) is 4.52 Å². The summed E-state index contributed by atoms with van der Waals surface area (Å²) in [4.78, 5) is 24.9. The number of fused-ring (bicyclic) bond motifs is 1. The maximum Gasteiger partial charge on any atom is 0.276 e. The van der Waals surface area contributed by atoms with E-state index < -0.39 is 0 Å². The Labute approximate surface area is 171 Å². The largest absolute Gasteiger partial charge is 0.372 e. The molecule has 0 fully saturated rings. The predicted octanol–water partition coefficient (Wildman–Crippen LogP) is 3.31. The molecule has 0 aliphatic heterocycles. The molecule has 0 radical (unpaired) electrons. The third-order valence-corrected chi connectivity index (χ3v) is 5.22. The molecule has 0 saturated heterocycles. The maximum absolute atomic E-state index is 13.1. The van der Waals surface area contributed by atoms with Crippen LogP contribution in [0.15, 0.2) is 34.1 Å². The van der Waals surface area contributed by atoms with Crippen LogP contribution in [0.3, 0.4) is 0 Å². The number of benzene rings is 1. The van der Waals surface area contributed by atoms with E-state index in [1.807, 2.05) is 12.1 Å². The number of rotatable bonds is 7. The van der Waals surface area contributed by atoms with Crippen LogP contribution in [0, 0.1) is 0 Å². The smallest absolute Gasteiger partial charge is 0.276 e. The van der Waals surface area contributed by atoms with Gasteiger partial charge in [-0.25, -0.2) is 9.98 Å². The van der Waals surface area contributed by atoms with Gasteiger partial charge in [0, 0.05) is 24.3 Å². The van der Waals surface area contributed by atoms with E-state index in [0.717, 1.165) is 36.5 Å². The average molecular weight is 394 g/mol. The van der Waals surface area contributed by atoms with E-state index in [9.17, 15) is 4.79 Å². The summed E-state index contributed by atoms with van der Waals surface area (Å²) in [6.45, 7) is 16.5. The van der Waals surface area contributed by atoms with Gasteiger partial charge in [0.1, 0.15) is 5.36 Å². The summed E-state index contributed by atoms with van der Waals surface area (Å²) in [6.07, 6.45) is 1.61. The first-order chi connectivity index (χ1) is 13.9. The Morgan fingerprint density at radius 3 is 2.38 bits per heavy atom. The molecule has 0 atom stereocenters. The van der Waals surface area contributed by atoms with Gasteiger partial charge < -0.3 is 4.90 Å². The first kappa shape index (κ1) is 20.8. The Morgan fingerprint density at radius 2 is 1.83 bits per heavy atom. The minimum absolute atomic E-state index is 0.0521. The van der Waals surface area contributed by atoms with Crippen LogP contribution in [0.1, 0.15) is 58.2 Å². The fourth-order valence-electron chi connectivity index (χ4n) is 3.69. The lowest BCUT2D eigenvalue weighted by Crippen LogP contribution is -2.24. The lowest BCUT2D eigenvalue weighted by molar-refractivity contribution is 0.745. The van der Waals surface area contributed by atoms with Crippen LogP contribution in [0.4, 0.5) is 11.4 Å². The summed E-state index contributed by atoms with van der Waals surface area (Å²) in [5.41, 5.74) is 4.09. The summed E-state index contributed by atoms with van der Waals surface area (Å²) < 4.78 is 1.49. The fraction of sp³-hybridized carbons (Fsp3) is 0.435. The fourth-order valence-corrected chi connectivity index (χ4v) is 3.69. The topological polar surface area (TPSA) is 65.8 Å². The van der Waals surface area contributed by atoms with Crippen LogP contribution in [-0.2, 0) is 6.42 Å². The number of H-pyrrole nitrogens is 1. The second-order valence-corrected chi connectivity index (χ2v) is 7.58. The highest BCUT2D eigenvalue weighted by Crippen LogP contribution is 2.19. The number of aromatic nitrogens is 3. The molecule has 3 rings (SSSR count). The molecule has 2 aromatic heterocycles. The van der Waals surface area contributed by atoms with Gasteiger partial charge in [-0.1, -0.05) is 33.8 Å². The first-order valence-electron chi connectivity index (χ1n) is 10.5. The van der Waals surface area contributed by atoms with Crippen LogP contribution >= 0.6 is 0 Å². The van der Waals surface area contributed by atoms with Gasteiger partial charge in [0.2, 0.25) is 0 Å². The summed E-state index contributed by atoms with van der Waals surface area (Å²) in [5, 5.41) is 4.26. The van der Waals surface area contributed by atoms with Gasteiger partial charge in [-0.3, -0.25) is 9.89 Å². The van der Waals surface area contributed by atoms with Crippen LogP contribution in [0.25, 0.3) is 12.2 Å². The zero-order chi connectivity index (χ0) is 21.1. The standard InChI is InChI=1S/C23H31N5O/c1-7-10-19-20(15(4)5)25-22-21(16(6)26-28(22)23(19)29)24-17-11-13-18(14-12-17)27(8-2)9-3/h11-15,26H,6-10H2,1-5H3. The molecule has 2 heterocycles. The molecule has 0 aliphatic rings. The molecule has 0 unspecified atom stereocenters. The van der Waals surface area contributed by atoms with Crippen LogP contribution < -0.4 is 21.2 Å². The van der Waals surface area contributed by atoms with Gasteiger partial charge in [0.15, 0.2) is 5.65 Å². The van der Waals surface area contributed by atoms with E-state index in [1.54, 1.807) is 0 Å². The van der Waals surface area contributed by atoms with E-state index >= 15 is 0 Å². The van der Waals surface area contributed by atoms with Gasteiger partial charge in [-0.05, 0) is 50.5 Å². The van der Waals surface area contributed by atoms with E-state index in [-0.39, 0.29) is 11.5 Å². The Bertz CT molecular complexity index is 1150. The molecule has 1 N–H and O–H groups in total. The van der Waals surface area contributed by atoms with Crippen LogP contribution in [0.2, 0.25) is 0 Å². The predicted molar refractivity (Wildman–Crippen MR) is 120 cm³/mol. The van der Waals surface area contributed by atoms with Crippen molar-refractivity contribution < 1.29 is 0 Å². The number of hydrogen-bond donors (Lipinski definition) is 1. The number of nitrogens with zero attached hydrogens (tertiary/aromatic N) is 4. The highest BCUT2D eigenvalue weighted by Gasteiger charge is 2.17. The molecule has 0 bridgehead atoms. The first-order valence-corrected chi connectivity index (χ1v) is 10.5. The molecular formula is C23H31N5O. The SMILES string of the molecule is C=c1[nH]n2c(=O)c(CCC)c(C(C)C)nc2c1=Nc1ccc(N(CC)CC)cc1. The quantitative estimate of drug-likeness (QED) is 0.670. The molecule has 29 heavy (non-hydrogen) atoms. The van der Waals surface area contributed by atoms with E-state index in [4.69, 9.17) is 9.98 Å². The number of aromatic amines is 1. The molecular weight excluding hydrogens is 362 g/mol. The zero-order valence-corrected chi connectivity index (χ0v) is 18.1. The Hall–Kier alpha value is -2.89. The minimum Gasteiger partial charge on any atom is -0.372 e. The van der Waals surface area contributed by atoms with Crippen molar-refractivity contribution in [2.75, 3.05) is 18.0 Å². The molecule has 1 aromatic carbocycles. The minimum atomic E-state index is -0.0521. The Kier molecular flexibility index (Phi) is 6.20. The summed E-state index contributed by atoms with van der Waals surface area (Å²) in [6, 6.07) is 8.12. The highest BCUT2D eigenvalue weighted by molar-refractivity contribution is 5.53. The van der Waals surface area contributed by atoms with E-state index in [0.29, 0.717) is 22.8 Å². The van der Waals surface area contributed by atoms with Crippen molar-refractivity contribution in [3.8, 4) is 0 Å². The number of hydrogen-bond acceptors (Lipinski definition) is 4. The lowest BCUT2D eigenvalue weighted by Gasteiger charge is -2.20. The van der Waals surface area contributed by atoms with Crippen molar-refractivity contribution in [1.82, 2.24) is 14.6 Å². The zero-order valence-electron chi connectivity index (χ0n) is 18.1. The van der Waals surface area contributed by atoms with Gasteiger partial charge in [0.25, 0.3) is 5.56 Å². The van der Waals surface area contributed by atoms with E-state index in [1.165, 1.54) is 10.2 Å². The van der Waals surface area contributed by atoms with Gasteiger partial charge >= 0.3 is 0 Å². The van der Waals surface area contributed by atoms with Crippen molar-refractivity contribution >= 4 is 23.6 Å². The Balaban J connectivity index is 2.18. The van der Waals surface area contributed by atoms with E-state index in [2.05, 4.69) is 63.3 Å². The van der Waals surface area contributed by atoms with Crippen LogP contribution in [0.5, 0.6) is 0 Å². The summed E-state index contributed by atoms with van der Waals surface area (Å²) in [7, 11) is 0. The number of nitrogens with one attached hydrogen (secondary N) is 1. The van der Waals surface area contributed by atoms with Crippen molar-refractivity contribution in [3.05, 3.63) is 56.6 Å². The second-order valence-electron chi connectivity index (χ2n) is 7.58. The Morgan fingerprint density at radius 1 is 1.17 bits per heavy atom. The molecule has 6 nitrogen and oxygen atoms in total. The maximum atomic E-state index is 13.1. The molecule has 154 valence electrons. The second kappa shape index (κ2) is 8.64. The van der Waals surface area contributed by atoms with Crippen molar-refractivity contribution in [3.63, 3.8) is 0 Å². The molecule has 0 amide bonds. The molecule has 0 spiro atoms. The number of anilines is 1. The molecule has 0 aliphatic carbocycles. The molecule has 3 aromatic rings. The van der Waals surface area contributed by atoms with Crippen molar-refractivity contribution in [2.24, 2.45) is 4.99 Å². The van der Waals surface area contributed by atoms with Gasteiger partial charge in [-0.15, -0.1) is 0 Å². The monoisotopic (exact) mass is 393 g/mol. The third-order valence-electron chi connectivity index (χ3n) is 5.22. The molecule has 0 saturated carbocycles. The average Bonchev–Trinajstić information content (AvgIpc) is 3.02. The lowest BCUT2D eigenvalue weighted by atomic mass is 10.0. The van der Waals surface area contributed by atoms with Crippen molar-refractivity contribution in [2.45, 2.75) is 53.4 Å². The third kappa shape index (κ3) is 3.97.